The van der Waals surface area contributed by atoms with E-state index in [1.807, 2.05) is 13.0 Å². The van der Waals surface area contributed by atoms with Gasteiger partial charge in [-0.1, -0.05) is 0 Å². The second kappa shape index (κ2) is 5.47. The zero-order valence-corrected chi connectivity index (χ0v) is 10.6. The standard InChI is InChI=1S/C13H21N3O/c1-10-5-6-13(17)12(15-10)9-16(2)8-11-4-3-7-14-11/h5-6,11,14,17H,3-4,7-9H2,1-2H3. The minimum absolute atomic E-state index is 0.293. The van der Waals surface area contributed by atoms with E-state index in [2.05, 4.69) is 22.2 Å². The van der Waals surface area contributed by atoms with E-state index in [9.17, 15) is 5.11 Å². The molecule has 1 aromatic heterocycles. The summed E-state index contributed by atoms with van der Waals surface area (Å²) in [6.07, 6.45) is 2.52. The average Bonchev–Trinajstić information content (AvgIpc) is 2.76. The van der Waals surface area contributed by atoms with E-state index in [0.717, 1.165) is 24.5 Å². The maximum Gasteiger partial charge on any atom is 0.138 e. The quantitative estimate of drug-likeness (QED) is 0.825. The molecule has 4 nitrogen and oxygen atoms in total. The summed E-state index contributed by atoms with van der Waals surface area (Å²) in [7, 11) is 2.07. The van der Waals surface area contributed by atoms with Gasteiger partial charge in [-0.25, -0.2) is 0 Å². The molecule has 4 heteroatoms. The highest BCUT2D eigenvalue weighted by Crippen LogP contribution is 2.17. The largest absolute Gasteiger partial charge is 0.506 e. The van der Waals surface area contributed by atoms with Crippen LogP contribution in [0.2, 0.25) is 0 Å². The molecule has 2 rings (SSSR count). The molecule has 1 fully saturated rings. The van der Waals surface area contributed by atoms with Crippen LogP contribution in [0.3, 0.4) is 0 Å². The van der Waals surface area contributed by atoms with Gasteiger partial charge in [0.1, 0.15) is 5.75 Å². The molecule has 1 aliphatic rings. The smallest absolute Gasteiger partial charge is 0.138 e. The van der Waals surface area contributed by atoms with Crippen LogP contribution < -0.4 is 5.32 Å². The van der Waals surface area contributed by atoms with Crippen molar-refractivity contribution < 1.29 is 5.11 Å². The first-order chi connectivity index (χ1) is 8.15. The molecule has 1 aliphatic heterocycles. The molecule has 2 heterocycles. The summed E-state index contributed by atoms with van der Waals surface area (Å²) in [5.41, 5.74) is 1.72. The number of nitrogens with zero attached hydrogens (tertiary/aromatic N) is 2. The fourth-order valence-electron chi connectivity index (χ4n) is 2.33. The summed E-state index contributed by atoms with van der Waals surface area (Å²) in [5, 5.41) is 13.2. The number of rotatable bonds is 4. The minimum Gasteiger partial charge on any atom is -0.506 e. The van der Waals surface area contributed by atoms with Crippen molar-refractivity contribution in [3.8, 4) is 5.75 Å². The van der Waals surface area contributed by atoms with Crippen molar-refractivity contribution in [1.82, 2.24) is 15.2 Å². The van der Waals surface area contributed by atoms with Gasteiger partial charge >= 0.3 is 0 Å². The number of likely N-dealkylation sites (N-methyl/N-ethyl adjacent to an activating group) is 1. The maximum absolute atomic E-state index is 9.74. The monoisotopic (exact) mass is 235 g/mol. The topological polar surface area (TPSA) is 48.4 Å². The first-order valence-corrected chi connectivity index (χ1v) is 6.22. The number of hydrogen-bond donors (Lipinski definition) is 2. The van der Waals surface area contributed by atoms with Gasteiger partial charge in [0.05, 0.1) is 5.69 Å². The van der Waals surface area contributed by atoms with Crippen LogP contribution in [0.5, 0.6) is 5.75 Å². The Morgan fingerprint density at radius 3 is 3.06 bits per heavy atom. The molecule has 1 unspecified atom stereocenters. The summed E-state index contributed by atoms with van der Waals surface area (Å²) < 4.78 is 0. The van der Waals surface area contributed by atoms with Crippen LogP contribution in [0.25, 0.3) is 0 Å². The van der Waals surface area contributed by atoms with Gasteiger partial charge in [0.2, 0.25) is 0 Å². The Morgan fingerprint density at radius 2 is 2.35 bits per heavy atom. The first kappa shape index (κ1) is 12.3. The van der Waals surface area contributed by atoms with Crippen LogP contribution in [0.1, 0.15) is 24.2 Å². The molecule has 0 radical (unpaired) electrons. The van der Waals surface area contributed by atoms with Crippen molar-refractivity contribution >= 4 is 0 Å². The number of aromatic hydroxyl groups is 1. The molecular weight excluding hydrogens is 214 g/mol. The van der Waals surface area contributed by atoms with Crippen LogP contribution in [-0.2, 0) is 6.54 Å². The third-order valence-electron chi connectivity index (χ3n) is 3.20. The van der Waals surface area contributed by atoms with Crippen molar-refractivity contribution in [3.63, 3.8) is 0 Å². The first-order valence-electron chi connectivity index (χ1n) is 6.22. The second-order valence-corrected chi connectivity index (χ2v) is 4.91. The molecule has 94 valence electrons. The highest BCUT2D eigenvalue weighted by atomic mass is 16.3. The van der Waals surface area contributed by atoms with Crippen molar-refractivity contribution in [1.29, 1.82) is 0 Å². The number of aryl methyl sites for hydroxylation is 1. The van der Waals surface area contributed by atoms with Gasteiger partial charge in [0, 0.05) is 24.8 Å². The highest BCUT2D eigenvalue weighted by molar-refractivity contribution is 5.27. The van der Waals surface area contributed by atoms with Crippen molar-refractivity contribution in [2.75, 3.05) is 20.1 Å². The molecule has 2 N–H and O–H groups in total. The summed E-state index contributed by atoms with van der Waals surface area (Å²) in [5.74, 6) is 0.293. The Hall–Kier alpha value is -1.13. The third-order valence-corrected chi connectivity index (χ3v) is 3.20. The van der Waals surface area contributed by atoms with Crippen LogP contribution in [0, 0.1) is 6.92 Å². The molecular formula is C13H21N3O. The molecule has 1 aromatic rings. The maximum atomic E-state index is 9.74. The van der Waals surface area contributed by atoms with Gasteiger partial charge in [-0.2, -0.15) is 0 Å². The van der Waals surface area contributed by atoms with Gasteiger partial charge in [-0.05, 0) is 45.5 Å². The molecule has 0 spiro atoms. The summed E-state index contributed by atoms with van der Waals surface area (Å²) in [6, 6.07) is 4.14. The van der Waals surface area contributed by atoms with Crippen LogP contribution in [0.4, 0.5) is 0 Å². The summed E-state index contributed by atoms with van der Waals surface area (Å²) >= 11 is 0. The van der Waals surface area contributed by atoms with Gasteiger partial charge in [0.15, 0.2) is 0 Å². The van der Waals surface area contributed by atoms with Crippen LogP contribution >= 0.6 is 0 Å². The Morgan fingerprint density at radius 1 is 1.53 bits per heavy atom. The number of nitrogens with one attached hydrogen (secondary N) is 1. The molecule has 0 bridgehead atoms. The third kappa shape index (κ3) is 3.41. The van der Waals surface area contributed by atoms with E-state index in [1.165, 1.54) is 12.8 Å². The Bertz CT molecular complexity index is 375. The number of pyridine rings is 1. The van der Waals surface area contributed by atoms with E-state index in [0.29, 0.717) is 18.3 Å². The SMILES string of the molecule is Cc1ccc(O)c(CN(C)CC2CCCN2)n1. The lowest BCUT2D eigenvalue weighted by Crippen LogP contribution is -2.35. The molecule has 0 amide bonds. The highest BCUT2D eigenvalue weighted by Gasteiger charge is 2.16. The Kier molecular flexibility index (Phi) is 3.97. The lowest BCUT2D eigenvalue weighted by atomic mass is 10.2. The van der Waals surface area contributed by atoms with E-state index in [1.54, 1.807) is 6.07 Å². The van der Waals surface area contributed by atoms with Crippen molar-refractivity contribution in [2.45, 2.75) is 32.4 Å². The minimum atomic E-state index is 0.293. The van der Waals surface area contributed by atoms with Crippen LogP contribution in [-0.4, -0.2) is 41.2 Å². The summed E-state index contributed by atoms with van der Waals surface area (Å²) in [4.78, 5) is 6.59. The predicted octanol–water partition coefficient (Wildman–Crippen LogP) is 1.28. The fourth-order valence-corrected chi connectivity index (χ4v) is 2.33. The van der Waals surface area contributed by atoms with E-state index < -0.39 is 0 Å². The van der Waals surface area contributed by atoms with E-state index in [-0.39, 0.29) is 0 Å². The fraction of sp³-hybridized carbons (Fsp3) is 0.615. The van der Waals surface area contributed by atoms with Gasteiger partial charge < -0.3 is 10.4 Å². The molecule has 0 aliphatic carbocycles. The van der Waals surface area contributed by atoms with Gasteiger partial charge in [-0.15, -0.1) is 0 Å². The molecule has 1 atom stereocenters. The number of aromatic nitrogens is 1. The summed E-state index contributed by atoms with van der Waals surface area (Å²) in [6.45, 7) is 4.79. The molecule has 1 saturated heterocycles. The Labute approximate surface area is 103 Å². The molecule has 0 aromatic carbocycles. The lowest BCUT2D eigenvalue weighted by molar-refractivity contribution is 0.285. The van der Waals surface area contributed by atoms with Crippen LogP contribution in [0.15, 0.2) is 12.1 Å². The zero-order valence-electron chi connectivity index (χ0n) is 10.6. The second-order valence-electron chi connectivity index (χ2n) is 4.91. The van der Waals surface area contributed by atoms with Crippen molar-refractivity contribution in [2.24, 2.45) is 0 Å². The normalized spacial score (nSPS) is 20.1. The van der Waals surface area contributed by atoms with E-state index >= 15 is 0 Å². The van der Waals surface area contributed by atoms with Crippen molar-refractivity contribution in [3.05, 3.63) is 23.5 Å². The predicted molar refractivity (Wildman–Crippen MR) is 68.0 cm³/mol. The Balaban J connectivity index is 1.92. The lowest BCUT2D eigenvalue weighted by Gasteiger charge is -2.21. The van der Waals surface area contributed by atoms with Gasteiger partial charge in [0.25, 0.3) is 0 Å². The van der Waals surface area contributed by atoms with E-state index in [4.69, 9.17) is 0 Å². The van der Waals surface area contributed by atoms with Gasteiger partial charge in [-0.3, -0.25) is 9.88 Å². The molecule has 17 heavy (non-hydrogen) atoms. The average molecular weight is 235 g/mol. The molecule has 0 saturated carbocycles. The number of hydrogen-bond acceptors (Lipinski definition) is 4. The zero-order chi connectivity index (χ0) is 12.3.